The van der Waals surface area contributed by atoms with E-state index in [9.17, 15) is 4.39 Å². The summed E-state index contributed by atoms with van der Waals surface area (Å²) in [5.74, 6) is 1.27. The Morgan fingerprint density at radius 3 is 2.69 bits per heavy atom. The molecule has 1 atom stereocenters. The topological polar surface area (TPSA) is 90.4 Å². The van der Waals surface area contributed by atoms with Gasteiger partial charge in [0.15, 0.2) is 0 Å². The van der Waals surface area contributed by atoms with Crippen molar-refractivity contribution in [3.8, 4) is 22.5 Å². The van der Waals surface area contributed by atoms with Gasteiger partial charge in [-0.3, -0.25) is 4.40 Å². The molecule has 7 nitrogen and oxygen atoms in total. The average molecular weight is 392 g/mol. The molecular weight excluding hydrogens is 371 g/mol. The minimum absolute atomic E-state index is 0.1000. The van der Waals surface area contributed by atoms with Gasteiger partial charge in [-0.15, -0.1) is 0 Å². The summed E-state index contributed by atoms with van der Waals surface area (Å²) in [5.41, 5.74) is 9.03. The van der Waals surface area contributed by atoms with E-state index in [0.717, 1.165) is 22.6 Å². The van der Waals surface area contributed by atoms with Gasteiger partial charge < -0.3 is 15.8 Å². The molecule has 3 aromatic heterocycles. The normalized spacial score (nSPS) is 12.2. The van der Waals surface area contributed by atoms with Crippen LogP contribution in [0.5, 0.6) is 0 Å². The average Bonchev–Trinajstić information content (AvgIpc) is 3.07. The number of imidazole rings is 1. The lowest BCUT2D eigenvalue weighted by Crippen LogP contribution is -2.21. The molecule has 4 rings (SSSR count). The zero-order valence-electron chi connectivity index (χ0n) is 16.1. The zero-order chi connectivity index (χ0) is 20.4. The second kappa shape index (κ2) is 7.84. The van der Waals surface area contributed by atoms with Crippen molar-refractivity contribution in [1.82, 2.24) is 19.4 Å². The minimum Gasteiger partial charge on any atom is -0.384 e. The van der Waals surface area contributed by atoms with Crippen LogP contribution in [0.3, 0.4) is 0 Å². The molecule has 0 aliphatic rings. The Morgan fingerprint density at radius 1 is 1.14 bits per heavy atom. The molecule has 0 spiro atoms. The van der Waals surface area contributed by atoms with Crippen LogP contribution in [0.15, 0.2) is 54.9 Å². The fourth-order valence-electron chi connectivity index (χ4n) is 3.23. The summed E-state index contributed by atoms with van der Waals surface area (Å²) < 4.78 is 20.5. The molecule has 4 aromatic rings. The maximum atomic E-state index is 13.4. The number of hydrogen-bond acceptors (Lipinski definition) is 6. The number of fused-ring (bicyclic) bond motifs is 1. The summed E-state index contributed by atoms with van der Waals surface area (Å²) >= 11 is 0. The Kier molecular flexibility index (Phi) is 5.09. The van der Waals surface area contributed by atoms with E-state index in [1.807, 2.05) is 29.7 Å². The summed E-state index contributed by atoms with van der Waals surface area (Å²) in [6.07, 6.45) is 3.56. The second-order valence-electron chi connectivity index (χ2n) is 6.77. The van der Waals surface area contributed by atoms with Crippen molar-refractivity contribution < 1.29 is 9.13 Å². The third kappa shape index (κ3) is 3.88. The predicted molar refractivity (Wildman–Crippen MR) is 111 cm³/mol. The van der Waals surface area contributed by atoms with Crippen LogP contribution in [0.4, 0.5) is 16.0 Å². The number of nitrogens with zero attached hydrogens (tertiary/aromatic N) is 4. The van der Waals surface area contributed by atoms with Gasteiger partial charge in [0.1, 0.15) is 17.5 Å². The van der Waals surface area contributed by atoms with Crippen LogP contribution in [0.1, 0.15) is 6.92 Å². The standard InChI is InChI=1S/C21H21FN6O/c1-13(12-29-2)25-18-11-15(7-9-24-18)20-19(14-3-5-16(22)6-4-14)27-21-26-17(23)8-10-28(20)21/h3-11,13H,12H2,1-2H3,(H,24,25)(H2,23,26,27)/t13-/m0/s1. The molecule has 29 heavy (non-hydrogen) atoms. The van der Waals surface area contributed by atoms with Crippen molar-refractivity contribution in [3.05, 3.63) is 60.7 Å². The molecule has 0 aliphatic heterocycles. The Labute approximate surface area is 167 Å². The SMILES string of the molecule is COC[C@H](C)Nc1cc(-c2c(-c3ccc(F)cc3)nc3nc(N)ccn23)ccn1. The van der Waals surface area contributed by atoms with E-state index in [2.05, 4.69) is 20.3 Å². The number of hydrogen-bond donors (Lipinski definition) is 2. The van der Waals surface area contributed by atoms with Crippen molar-refractivity contribution in [1.29, 1.82) is 0 Å². The van der Waals surface area contributed by atoms with Crippen molar-refractivity contribution in [3.63, 3.8) is 0 Å². The van der Waals surface area contributed by atoms with E-state index in [0.29, 0.717) is 23.9 Å². The first-order valence-electron chi connectivity index (χ1n) is 9.17. The molecule has 0 saturated heterocycles. The molecule has 1 aromatic carbocycles. The summed E-state index contributed by atoms with van der Waals surface area (Å²) in [7, 11) is 1.66. The Morgan fingerprint density at radius 2 is 1.93 bits per heavy atom. The Bertz CT molecular complexity index is 1140. The Hall–Kier alpha value is -3.52. The van der Waals surface area contributed by atoms with Crippen LogP contribution in [-0.4, -0.2) is 39.1 Å². The van der Waals surface area contributed by atoms with Crippen LogP contribution in [0, 0.1) is 5.82 Å². The predicted octanol–water partition coefficient (Wildman–Crippen LogP) is 3.63. The number of halogens is 1. The highest BCUT2D eigenvalue weighted by atomic mass is 19.1. The maximum Gasteiger partial charge on any atom is 0.236 e. The quantitative estimate of drug-likeness (QED) is 0.521. The molecule has 0 radical (unpaired) electrons. The van der Waals surface area contributed by atoms with E-state index >= 15 is 0 Å². The minimum atomic E-state index is -0.302. The Balaban J connectivity index is 1.86. The summed E-state index contributed by atoms with van der Waals surface area (Å²) in [6.45, 7) is 2.58. The van der Waals surface area contributed by atoms with E-state index in [1.165, 1.54) is 12.1 Å². The number of rotatable bonds is 6. The summed E-state index contributed by atoms with van der Waals surface area (Å²) in [4.78, 5) is 13.4. The number of benzene rings is 1. The molecule has 0 aliphatic carbocycles. The van der Waals surface area contributed by atoms with E-state index < -0.39 is 0 Å². The molecule has 0 amide bonds. The van der Waals surface area contributed by atoms with Crippen LogP contribution >= 0.6 is 0 Å². The number of pyridine rings is 1. The van der Waals surface area contributed by atoms with Gasteiger partial charge in [-0.25, -0.2) is 14.4 Å². The van der Waals surface area contributed by atoms with Crippen molar-refractivity contribution >= 4 is 17.4 Å². The zero-order valence-corrected chi connectivity index (χ0v) is 16.1. The molecule has 0 fully saturated rings. The van der Waals surface area contributed by atoms with Crippen LogP contribution in [-0.2, 0) is 4.74 Å². The van der Waals surface area contributed by atoms with Gasteiger partial charge in [0, 0.05) is 36.7 Å². The summed E-state index contributed by atoms with van der Waals surface area (Å²) in [5, 5.41) is 3.32. The fourth-order valence-corrected chi connectivity index (χ4v) is 3.23. The van der Waals surface area contributed by atoms with Gasteiger partial charge in [0.05, 0.1) is 18.0 Å². The number of ether oxygens (including phenoxy) is 1. The van der Waals surface area contributed by atoms with Gasteiger partial charge >= 0.3 is 0 Å². The van der Waals surface area contributed by atoms with Crippen LogP contribution in [0.2, 0.25) is 0 Å². The molecule has 0 saturated carbocycles. The van der Waals surface area contributed by atoms with Crippen LogP contribution in [0.25, 0.3) is 28.3 Å². The highest BCUT2D eigenvalue weighted by Crippen LogP contribution is 2.33. The number of aromatic nitrogens is 4. The lowest BCUT2D eigenvalue weighted by molar-refractivity contribution is 0.190. The molecular formula is C21H21FN6O. The largest absolute Gasteiger partial charge is 0.384 e. The van der Waals surface area contributed by atoms with E-state index in [4.69, 9.17) is 10.5 Å². The molecule has 3 heterocycles. The van der Waals surface area contributed by atoms with E-state index in [1.54, 1.807) is 31.5 Å². The summed E-state index contributed by atoms with van der Waals surface area (Å²) in [6, 6.07) is 11.9. The van der Waals surface area contributed by atoms with Gasteiger partial charge in [0.2, 0.25) is 5.78 Å². The third-order valence-corrected chi connectivity index (χ3v) is 4.48. The molecule has 0 unspecified atom stereocenters. The number of methoxy groups -OCH3 is 1. The monoisotopic (exact) mass is 392 g/mol. The van der Waals surface area contributed by atoms with Gasteiger partial charge in [-0.2, -0.15) is 4.98 Å². The van der Waals surface area contributed by atoms with Gasteiger partial charge in [-0.1, -0.05) is 0 Å². The van der Waals surface area contributed by atoms with Crippen molar-refractivity contribution in [2.45, 2.75) is 13.0 Å². The fraction of sp³-hybridized carbons (Fsp3) is 0.190. The van der Waals surface area contributed by atoms with Gasteiger partial charge in [-0.05, 0) is 49.4 Å². The van der Waals surface area contributed by atoms with Crippen molar-refractivity contribution in [2.75, 3.05) is 24.8 Å². The maximum absolute atomic E-state index is 13.4. The van der Waals surface area contributed by atoms with E-state index in [-0.39, 0.29) is 11.9 Å². The molecule has 0 bridgehead atoms. The molecule has 8 heteroatoms. The van der Waals surface area contributed by atoms with Crippen molar-refractivity contribution in [2.24, 2.45) is 0 Å². The lowest BCUT2D eigenvalue weighted by atomic mass is 10.1. The smallest absolute Gasteiger partial charge is 0.236 e. The first kappa shape index (κ1) is 18.8. The number of anilines is 2. The second-order valence-corrected chi connectivity index (χ2v) is 6.77. The number of nitrogens with one attached hydrogen (secondary N) is 1. The first-order valence-corrected chi connectivity index (χ1v) is 9.17. The number of nitrogen functional groups attached to an aromatic ring is 1. The van der Waals surface area contributed by atoms with Crippen LogP contribution < -0.4 is 11.1 Å². The lowest BCUT2D eigenvalue weighted by Gasteiger charge is -2.14. The van der Waals surface area contributed by atoms with Gasteiger partial charge in [0.25, 0.3) is 0 Å². The first-order chi connectivity index (χ1) is 14.0. The third-order valence-electron chi connectivity index (χ3n) is 4.48. The molecule has 3 N–H and O–H groups in total. The highest BCUT2D eigenvalue weighted by Gasteiger charge is 2.18. The highest BCUT2D eigenvalue weighted by molar-refractivity contribution is 5.82. The number of nitrogens with two attached hydrogens (primary N) is 1. The molecule has 148 valence electrons.